The van der Waals surface area contributed by atoms with Crippen molar-refractivity contribution in [3.8, 4) is 0 Å². The van der Waals surface area contributed by atoms with E-state index in [1.165, 1.54) is 6.08 Å². The highest BCUT2D eigenvalue weighted by atomic mass is 16.3. The highest BCUT2D eigenvalue weighted by molar-refractivity contribution is 5.91. The number of nitrogens with zero attached hydrogens (tertiary/aromatic N) is 1. The van der Waals surface area contributed by atoms with Gasteiger partial charge in [0.2, 0.25) is 5.91 Å². The first-order valence-electron chi connectivity index (χ1n) is 5.72. The maximum absolute atomic E-state index is 11.8. The van der Waals surface area contributed by atoms with Crippen LogP contribution in [0.2, 0.25) is 0 Å². The summed E-state index contributed by atoms with van der Waals surface area (Å²) in [7, 11) is 0. The largest absolute Gasteiger partial charge is 0.462 e. The molecule has 1 fully saturated rings. The van der Waals surface area contributed by atoms with Gasteiger partial charge in [0.15, 0.2) is 0 Å². The first kappa shape index (κ1) is 11.9. The zero-order chi connectivity index (χ0) is 12.5. The molecule has 1 aliphatic rings. The van der Waals surface area contributed by atoms with Crippen molar-refractivity contribution in [2.24, 2.45) is 0 Å². The minimum Gasteiger partial charge on any atom is -0.462 e. The van der Waals surface area contributed by atoms with E-state index < -0.39 is 5.60 Å². The second-order valence-corrected chi connectivity index (χ2v) is 4.79. The summed E-state index contributed by atoms with van der Waals surface area (Å²) in [6.45, 7) is 4.61. The van der Waals surface area contributed by atoms with Crippen molar-refractivity contribution >= 4 is 12.0 Å². The van der Waals surface area contributed by atoms with Crippen LogP contribution in [0.5, 0.6) is 0 Å². The second-order valence-electron chi connectivity index (χ2n) is 4.79. The zero-order valence-corrected chi connectivity index (χ0v) is 10.1. The van der Waals surface area contributed by atoms with Crippen molar-refractivity contribution in [2.75, 3.05) is 13.1 Å². The fourth-order valence-electron chi connectivity index (χ4n) is 1.94. The highest BCUT2D eigenvalue weighted by Gasteiger charge is 2.32. The van der Waals surface area contributed by atoms with Gasteiger partial charge >= 0.3 is 0 Å². The third kappa shape index (κ3) is 2.97. The first-order chi connectivity index (χ1) is 7.96. The molecule has 1 saturated heterocycles. The average molecular weight is 235 g/mol. The van der Waals surface area contributed by atoms with Gasteiger partial charge in [-0.2, -0.15) is 0 Å². The fourth-order valence-corrected chi connectivity index (χ4v) is 1.94. The van der Waals surface area contributed by atoms with Crippen LogP contribution in [0.1, 0.15) is 24.9 Å². The van der Waals surface area contributed by atoms with Crippen LogP contribution in [0.15, 0.2) is 22.6 Å². The zero-order valence-electron chi connectivity index (χ0n) is 10.1. The van der Waals surface area contributed by atoms with Gasteiger partial charge in [0.05, 0.1) is 5.60 Å². The topological polar surface area (TPSA) is 53.7 Å². The van der Waals surface area contributed by atoms with Gasteiger partial charge < -0.3 is 14.4 Å². The molecular weight excluding hydrogens is 218 g/mol. The number of aryl methyl sites for hydroxylation is 1. The Morgan fingerprint density at radius 2 is 2.35 bits per heavy atom. The van der Waals surface area contributed by atoms with E-state index in [0.29, 0.717) is 25.3 Å². The molecule has 1 unspecified atom stereocenters. The maximum Gasteiger partial charge on any atom is 0.246 e. The Balaban J connectivity index is 1.96. The highest BCUT2D eigenvalue weighted by Crippen LogP contribution is 2.20. The Labute approximate surface area is 101 Å². The Kier molecular flexibility index (Phi) is 3.07. The number of rotatable bonds is 2. The maximum atomic E-state index is 11.8. The summed E-state index contributed by atoms with van der Waals surface area (Å²) >= 11 is 0. The molecule has 2 rings (SSSR count). The molecule has 1 aromatic rings. The fraction of sp³-hybridized carbons (Fsp3) is 0.462. The molecule has 0 bridgehead atoms. The summed E-state index contributed by atoms with van der Waals surface area (Å²) in [5.41, 5.74) is -0.745. The molecule has 1 N–H and O–H groups in total. The van der Waals surface area contributed by atoms with Crippen LogP contribution in [-0.2, 0) is 4.79 Å². The minimum atomic E-state index is -0.745. The number of likely N-dealkylation sites (tertiary alicyclic amines) is 1. The molecule has 1 atom stereocenters. The van der Waals surface area contributed by atoms with Gasteiger partial charge in [0, 0.05) is 19.2 Å². The molecule has 0 saturated carbocycles. The van der Waals surface area contributed by atoms with Gasteiger partial charge in [0.25, 0.3) is 0 Å². The molecule has 1 aromatic heterocycles. The van der Waals surface area contributed by atoms with Crippen LogP contribution in [0.25, 0.3) is 6.08 Å². The van der Waals surface area contributed by atoms with E-state index in [4.69, 9.17) is 4.42 Å². The SMILES string of the molecule is Cc1ccc(/C=C/C(=O)N2CCC(C)(O)C2)o1. The number of hydrogen-bond acceptors (Lipinski definition) is 3. The van der Waals surface area contributed by atoms with Crippen molar-refractivity contribution in [3.63, 3.8) is 0 Å². The summed E-state index contributed by atoms with van der Waals surface area (Å²) in [5.74, 6) is 1.40. The molecule has 0 radical (unpaired) electrons. The van der Waals surface area contributed by atoms with Crippen LogP contribution in [0.3, 0.4) is 0 Å². The van der Waals surface area contributed by atoms with E-state index >= 15 is 0 Å². The Hall–Kier alpha value is -1.55. The summed E-state index contributed by atoms with van der Waals surface area (Å²) in [5, 5.41) is 9.77. The van der Waals surface area contributed by atoms with Gasteiger partial charge in [-0.25, -0.2) is 0 Å². The lowest BCUT2D eigenvalue weighted by molar-refractivity contribution is -0.125. The van der Waals surface area contributed by atoms with Crippen LogP contribution in [-0.4, -0.2) is 34.6 Å². The quantitative estimate of drug-likeness (QED) is 0.792. The Morgan fingerprint density at radius 1 is 1.59 bits per heavy atom. The molecule has 4 nitrogen and oxygen atoms in total. The summed E-state index contributed by atoms with van der Waals surface area (Å²) in [6.07, 6.45) is 3.77. The molecule has 1 aliphatic heterocycles. The first-order valence-corrected chi connectivity index (χ1v) is 5.72. The van der Waals surface area contributed by atoms with E-state index in [1.807, 2.05) is 19.1 Å². The van der Waals surface area contributed by atoms with Crippen molar-refractivity contribution < 1.29 is 14.3 Å². The molecule has 1 amide bonds. The molecule has 0 spiro atoms. The molecule has 0 aromatic carbocycles. The lowest BCUT2D eigenvalue weighted by Crippen LogP contribution is -2.32. The number of furan rings is 1. The molecule has 2 heterocycles. The van der Waals surface area contributed by atoms with Gasteiger partial charge in [-0.05, 0) is 38.5 Å². The standard InChI is InChI=1S/C13H17NO3/c1-10-3-4-11(17-10)5-6-12(15)14-8-7-13(2,16)9-14/h3-6,16H,7-9H2,1-2H3/b6-5+. The van der Waals surface area contributed by atoms with E-state index in [-0.39, 0.29) is 5.91 Å². The molecule has 0 aliphatic carbocycles. The van der Waals surface area contributed by atoms with E-state index in [0.717, 1.165) is 5.76 Å². The Bertz CT molecular complexity index is 445. The monoisotopic (exact) mass is 235 g/mol. The number of carbonyl (C=O) groups is 1. The summed E-state index contributed by atoms with van der Waals surface area (Å²) in [6, 6.07) is 3.67. The van der Waals surface area contributed by atoms with Crippen molar-refractivity contribution in [3.05, 3.63) is 29.7 Å². The normalized spacial score (nSPS) is 24.8. The number of β-amino-alcohol motifs (C(OH)–C–C–N with tert-alkyl or cyclic N) is 1. The van der Waals surface area contributed by atoms with Gasteiger partial charge in [-0.1, -0.05) is 0 Å². The van der Waals surface area contributed by atoms with Crippen LogP contribution < -0.4 is 0 Å². The predicted octanol–water partition coefficient (Wildman–Crippen LogP) is 1.58. The lowest BCUT2D eigenvalue weighted by atomic mass is 10.1. The number of hydrogen-bond donors (Lipinski definition) is 1. The minimum absolute atomic E-state index is 0.0863. The molecule has 92 valence electrons. The lowest BCUT2D eigenvalue weighted by Gasteiger charge is -2.17. The van der Waals surface area contributed by atoms with E-state index in [9.17, 15) is 9.90 Å². The summed E-state index contributed by atoms with van der Waals surface area (Å²) in [4.78, 5) is 13.4. The average Bonchev–Trinajstić information content (AvgIpc) is 2.81. The van der Waals surface area contributed by atoms with Gasteiger partial charge in [-0.3, -0.25) is 4.79 Å². The third-order valence-electron chi connectivity index (χ3n) is 2.91. The van der Waals surface area contributed by atoms with Crippen molar-refractivity contribution in [1.82, 2.24) is 4.90 Å². The van der Waals surface area contributed by atoms with Crippen LogP contribution in [0.4, 0.5) is 0 Å². The predicted molar refractivity (Wildman–Crippen MR) is 64.3 cm³/mol. The second kappa shape index (κ2) is 4.37. The van der Waals surface area contributed by atoms with E-state index in [2.05, 4.69) is 0 Å². The van der Waals surface area contributed by atoms with E-state index in [1.54, 1.807) is 17.9 Å². The van der Waals surface area contributed by atoms with Gasteiger partial charge in [-0.15, -0.1) is 0 Å². The molecular formula is C13H17NO3. The smallest absolute Gasteiger partial charge is 0.246 e. The van der Waals surface area contributed by atoms with Crippen LogP contribution >= 0.6 is 0 Å². The molecule has 4 heteroatoms. The van der Waals surface area contributed by atoms with Crippen molar-refractivity contribution in [2.45, 2.75) is 25.9 Å². The number of amides is 1. The van der Waals surface area contributed by atoms with Crippen LogP contribution in [0, 0.1) is 6.92 Å². The Morgan fingerprint density at radius 3 is 2.88 bits per heavy atom. The molecule has 17 heavy (non-hydrogen) atoms. The van der Waals surface area contributed by atoms with Gasteiger partial charge in [0.1, 0.15) is 11.5 Å². The summed E-state index contributed by atoms with van der Waals surface area (Å²) < 4.78 is 5.33. The number of aliphatic hydroxyl groups is 1. The van der Waals surface area contributed by atoms with Crippen molar-refractivity contribution in [1.29, 1.82) is 0 Å². The third-order valence-corrected chi connectivity index (χ3v) is 2.91. The number of carbonyl (C=O) groups excluding carboxylic acids is 1.